The van der Waals surface area contributed by atoms with Crippen molar-refractivity contribution in [2.24, 2.45) is 5.92 Å². The van der Waals surface area contributed by atoms with Crippen molar-refractivity contribution in [3.63, 3.8) is 0 Å². The van der Waals surface area contributed by atoms with Gasteiger partial charge in [-0.3, -0.25) is 0 Å². The molecule has 1 heterocycles. The van der Waals surface area contributed by atoms with Crippen LogP contribution in [0.25, 0.3) is 0 Å². The largest absolute Gasteiger partial charge is 0.493 e. The summed E-state index contributed by atoms with van der Waals surface area (Å²) < 4.78 is 5.75. The maximum atomic E-state index is 5.75. The van der Waals surface area contributed by atoms with Gasteiger partial charge in [-0.25, -0.2) is 0 Å². The highest BCUT2D eigenvalue weighted by Gasteiger charge is 2.19. The molecular weight excluding hydrogens is 196 g/mol. The van der Waals surface area contributed by atoms with Crippen molar-refractivity contribution >= 4 is 0 Å². The predicted octanol–water partition coefficient (Wildman–Crippen LogP) is 3.76. The van der Waals surface area contributed by atoms with Gasteiger partial charge in [-0.05, 0) is 31.4 Å². The quantitative estimate of drug-likeness (QED) is 0.696. The summed E-state index contributed by atoms with van der Waals surface area (Å²) in [5, 5.41) is 0. The van der Waals surface area contributed by atoms with Crippen LogP contribution in [0.1, 0.15) is 18.9 Å². The Kier molecular flexibility index (Phi) is 3.45. The van der Waals surface area contributed by atoms with Gasteiger partial charge in [0.25, 0.3) is 0 Å². The van der Waals surface area contributed by atoms with E-state index in [-0.39, 0.29) is 0 Å². The molecule has 1 atom stereocenters. The van der Waals surface area contributed by atoms with Crippen LogP contribution in [0.2, 0.25) is 0 Å². The van der Waals surface area contributed by atoms with Crippen LogP contribution in [-0.4, -0.2) is 6.61 Å². The van der Waals surface area contributed by atoms with Gasteiger partial charge in [-0.15, -0.1) is 0 Å². The summed E-state index contributed by atoms with van der Waals surface area (Å²) >= 11 is 0. The first-order valence-electron chi connectivity index (χ1n) is 5.80. The van der Waals surface area contributed by atoms with Crippen molar-refractivity contribution in [2.45, 2.75) is 19.8 Å². The van der Waals surface area contributed by atoms with E-state index in [1.54, 1.807) is 0 Å². The van der Waals surface area contributed by atoms with Crippen molar-refractivity contribution in [3.8, 4) is 5.75 Å². The van der Waals surface area contributed by atoms with Crippen LogP contribution in [0.5, 0.6) is 5.75 Å². The van der Waals surface area contributed by atoms with Gasteiger partial charge in [0.05, 0.1) is 6.61 Å². The monoisotopic (exact) mass is 214 g/mol. The van der Waals surface area contributed by atoms with Gasteiger partial charge in [0.2, 0.25) is 0 Å². The van der Waals surface area contributed by atoms with E-state index in [1.807, 2.05) is 25.1 Å². The summed E-state index contributed by atoms with van der Waals surface area (Å²) in [5.41, 5.74) is 2.52. The van der Waals surface area contributed by atoms with E-state index < -0.39 is 0 Å². The maximum absolute atomic E-state index is 5.75. The average Bonchev–Trinajstić information content (AvgIpc) is 2.29. The number of allylic oxidation sites excluding steroid dienone is 3. The highest BCUT2D eigenvalue weighted by Crippen LogP contribution is 2.29. The van der Waals surface area contributed by atoms with Crippen molar-refractivity contribution in [1.82, 2.24) is 0 Å². The molecule has 1 aliphatic rings. The molecule has 1 heteroatoms. The Balaban J connectivity index is 2.00. The second-order valence-electron chi connectivity index (χ2n) is 4.35. The van der Waals surface area contributed by atoms with E-state index in [0.717, 1.165) is 25.2 Å². The van der Waals surface area contributed by atoms with Gasteiger partial charge < -0.3 is 4.74 Å². The Morgan fingerprint density at radius 3 is 3.12 bits per heavy atom. The highest BCUT2D eigenvalue weighted by atomic mass is 16.5. The fraction of sp³-hybridized carbons (Fsp3) is 0.333. The molecular formula is C15H18O. The molecule has 16 heavy (non-hydrogen) atoms. The van der Waals surface area contributed by atoms with Crippen LogP contribution in [0.3, 0.4) is 0 Å². The lowest BCUT2D eigenvalue weighted by molar-refractivity contribution is 0.222. The summed E-state index contributed by atoms with van der Waals surface area (Å²) in [6.07, 6.45) is 6.26. The van der Waals surface area contributed by atoms with E-state index in [1.165, 1.54) is 11.1 Å². The molecule has 0 saturated carbocycles. The molecule has 0 fully saturated rings. The molecule has 1 aliphatic heterocycles. The van der Waals surface area contributed by atoms with Crippen LogP contribution in [-0.2, 0) is 6.42 Å². The second kappa shape index (κ2) is 5.02. The molecule has 1 aromatic carbocycles. The Morgan fingerprint density at radius 1 is 1.50 bits per heavy atom. The fourth-order valence-electron chi connectivity index (χ4n) is 2.20. The summed E-state index contributed by atoms with van der Waals surface area (Å²) in [4.78, 5) is 0. The number of hydrogen-bond acceptors (Lipinski definition) is 1. The second-order valence-corrected chi connectivity index (χ2v) is 4.35. The van der Waals surface area contributed by atoms with E-state index in [2.05, 4.69) is 24.8 Å². The molecule has 0 bridgehead atoms. The lowest BCUT2D eigenvalue weighted by atomic mass is 9.91. The number of benzene rings is 1. The van der Waals surface area contributed by atoms with Gasteiger partial charge in [0, 0.05) is 5.92 Å². The van der Waals surface area contributed by atoms with Gasteiger partial charge in [-0.2, -0.15) is 0 Å². The van der Waals surface area contributed by atoms with Crippen molar-refractivity contribution < 1.29 is 4.74 Å². The van der Waals surface area contributed by atoms with Gasteiger partial charge in [-0.1, -0.05) is 42.5 Å². The minimum absolute atomic E-state index is 0.568. The molecule has 1 nitrogen and oxygen atoms in total. The molecule has 0 N–H and O–H groups in total. The van der Waals surface area contributed by atoms with E-state index in [4.69, 9.17) is 4.74 Å². The topological polar surface area (TPSA) is 9.23 Å². The van der Waals surface area contributed by atoms with E-state index in [9.17, 15) is 0 Å². The number of hydrogen-bond donors (Lipinski definition) is 0. The van der Waals surface area contributed by atoms with Crippen LogP contribution < -0.4 is 4.74 Å². The maximum Gasteiger partial charge on any atom is 0.122 e. The van der Waals surface area contributed by atoms with Crippen molar-refractivity contribution in [2.75, 3.05) is 6.61 Å². The Hall–Kier alpha value is -1.50. The first kappa shape index (κ1) is 11.0. The van der Waals surface area contributed by atoms with E-state index in [0.29, 0.717) is 5.92 Å². The highest BCUT2D eigenvalue weighted by molar-refractivity contribution is 5.35. The minimum Gasteiger partial charge on any atom is -0.493 e. The lowest BCUT2D eigenvalue weighted by Gasteiger charge is -2.25. The van der Waals surface area contributed by atoms with Crippen LogP contribution in [0.4, 0.5) is 0 Å². The summed E-state index contributed by atoms with van der Waals surface area (Å²) in [7, 11) is 0. The minimum atomic E-state index is 0.568. The first-order valence-corrected chi connectivity index (χ1v) is 5.80. The molecule has 0 saturated heterocycles. The third-order valence-electron chi connectivity index (χ3n) is 2.91. The molecule has 1 aromatic rings. The van der Waals surface area contributed by atoms with E-state index >= 15 is 0 Å². The van der Waals surface area contributed by atoms with Gasteiger partial charge in [0.1, 0.15) is 5.75 Å². The van der Waals surface area contributed by atoms with Crippen LogP contribution in [0, 0.1) is 5.92 Å². The first-order chi connectivity index (χ1) is 7.79. The predicted molar refractivity (Wildman–Crippen MR) is 67.7 cm³/mol. The van der Waals surface area contributed by atoms with Crippen molar-refractivity contribution in [1.29, 1.82) is 0 Å². The van der Waals surface area contributed by atoms with Crippen molar-refractivity contribution in [3.05, 3.63) is 54.1 Å². The van der Waals surface area contributed by atoms with Crippen LogP contribution in [0.15, 0.2) is 48.6 Å². The summed E-state index contributed by atoms with van der Waals surface area (Å²) in [6, 6.07) is 8.30. The lowest BCUT2D eigenvalue weighted by Crippen LogP contribution is -2.20. The standard InChI is InChI=1S/C15H18O/c1-3-6-12(2)9-13-10-14-7-4-5-8-15(14)16-11-13/h3-8,13H,2,9-11H2,1H3/b6-3-. The number of fused-ring (bicyclic) bond motifs is 1. The number of rotatable bonds is 3. The SMILES string of the molecule is C=C(/C=C\C)CC1COc2ccccc2C1. The zero-order valence-corrected chi connectivity index (χ0v) is 9.78. The number of para-hydroxylation sites is 1. The zero-order valence-electron chi connectivity index (χ0n) is 9.78. The molecule has 0 aromatic heterocycles. The molecule has 0 aliphatic carbocycles. The van der Waals surface area contributed by atoms with Gasteiger partial charge in [0.15, 0.2) is 0 Å². The molecule has 0 radical (unpaired) electrons. The third-order valence-corrected chi connectivity index (χ3v) is 2.91. The average molecular weight is 214 g/mol. The molecule has 1 unspecified atom stereocenters. The fourth-order valence-corrected chi connectivity index (χ4v) is 2.20. The molecule has 0 spiro atoms. The Labute approximate surface area is 97.4 Å². The van der Waals surface area contributed by atoms with Crippen LogP contribution >= 0.6 is 0 Å². The van der Waals surface area contributed by atoms with Gasteiger partial charge >= 0.3 is 0 Å². The Morgan fingerprint density at radius 2 is 2.31 bits per heavy atom. The Bertz CT molecular complexity index is 404. The smallest absolute Gasteiger partial charge is 0.122 e. The summed E-state index contributed by atoms with van der Waals surface area (Å²) in [6.45, 7) is 6.89. The molecule has 84 valence electrons. The third kappa shape index (κ3) is 2.54. The molecule has 0 amide bonds. The number of ether oxygens (including phenoxy) is 1. The summed E-state index contributed by atoms with van der Waals surface area (Å²) in [5.74, 6) is 1.62. The zero-order chi connectivity index (χ0) is 11.4. The molecule has 2 rings (SSSR count). The normalized spacial score (nSPS) is 19.2.